The first-order chi connectivity index (χ1) is 9.59. The van der Waals surface area contributed by atoms with Crippen LogP contribution in [0.15, 0.2) is 0 Å². The van der Waals surface area contributed by atoms with E-state index in [1.807, 2.05) is 0 Å². The molecule has 0 aromatic heterocycles. The Morgan fingerprint density at radius 2 is 1.67 bits per heavy atom. The first kappa shape index (κ1) is 16.7. The van der Waals surface area contributed by atoms with Gasteiger partial charge in [-0.3, -0.25) is 4.79 Å². The van der Waals surface area contributed by atoms with Crippen LogP contribution in [0.4, 0.5) is 0 Å². The Bertz CT molecular complexity index is 497. The second-order valence-corrected chi connectivity index (χ2v) is 9.10. The van der Waals surface area contributed by atoms with Crippen molar-refractivity contribution in [2.24, 2.45) is 0 Å². The Hall–Kier alpha value is -0.660. The lowest BCUT2D eigenvalue weighted by Gasteiger charge is -2.40. The van der Waals surface area contributed by atoms with Crippen molar-refractivity contribution in [1.82, 2.24) is 4.90 Å². The van der Waals surface area contributed by atoms with Crippen LogP contribution in [0, 0.1) is 0 Å². The van der Waals surface area contributed by atoms with E-state index in [1.165, 1.54) is 13.8 Å². The molecule has 1 spiro atoms. The molecule has 21 heavy (non-hydrogen) atoms. The third kappa shape index (κ3) is 3.10. The quantitative estimate of drug-likeness (QED) is 0.774. The highest BCUT2D eigenvalue weighted by molar-refractivity contribution is 7.92. The lowest BCUT2D eigenvalue weighted by molar-refractivity contribution is -0.184. The van der Waals surface area contributed by atoms with Crippen molar-refractivity contribution in [3.63, 3.8) is 0 Å². The number of hydrogen-bond acceptors (Lipinski definition) is 5. The van der Waals surface area contributed by atoms with E-state index in [0.29, 0.717) is 13.2 Å². The highest BCUT2D eigenvalue weighted by Crippen LogP contribution is 2.37. The molecule has 1 amide bonds. The first-order valence-electron chi connectivity index (χ1n) is 7.34. The highest BCUT2D eigenvalue weighted by Gasteiger charge is 2.45. The molecule has 0 bridgehead atoms. The molecule has 1 aliphatic heterocycles. The lowest BCUT2D eigenvalue weighted by Crippen LogP contribution is -2.53. The second-order valence-electron chi connectivity index (χ2n) is 6.54. The summed E-state index contributed by atoms with van der Waals surface area (Å²) in [6.45, 7) is 4.18. The first-order valence-corrected chi connectivity index (χ1v) is 9.23. The molecule has 0 N–H and O–H groups in total. The van der Waals surface area contributed by atoms with Crippen LogP contribution in [-0.4, -0.2) is 62.3 Å². The molecular weight excluding hydrogens is 294 g/mol. The Kier molecular flexibility index (Phi) is 4.39. The molecule has 0 radical (unpaired) electrons. The van der Waals surface area contributed by atoms with E-state index >= 15 is 0 Å². The molecular formula is C14H25NO5S. The van der Waals surface area contributed by atoms with Gasteiger partial charge in [0.1, 0.15) is 4.75 Å². The van der Waals surface area contributed by atoms with E-state index in [4.69, 9.17) is 9.47 Å². The Morgan fingerprint density at radius 1 is 1.19 bits per heavy atom. The van der Waals surface area contributed by atoms with Crippen molar-refractivity contribution < 1.29 is 22.7 Å². The Labute approximate surface area is 126 Å². The van der Waals surface area contributed by atoms with E-state index in [1.54, 1.807) is 11.9 Å². The molecule has 7 heteroatoms. The maximum absolute atomic E-state index is 12.5. The van der Waals surface area contributed by atoms with Gasteiger partial charge in [0.25, 0.3) is 0 Å². The largest absolute Gasteiger partial charge is 0.348 e. The van der Waals surface area contributed by atoms with Gasteiger partial charge in [0, 0.05) is 32.2 Å². The number of nitrogens with zero attached hydrogens (tertiary/aromatic N) is 1. The van der Waals surface area contributed by atoms with E-state index in [2.05, 4.69) is 0 Å². The van der Waals surface area contributed by atoms with Gasteiger partial charge < -0.3 is 14.4 Å². The molecule has 1 heterocycles. The topological polar surface area (TPSA) is 72.9 Å². The molecule has 2 aliphatic rings. The molecule has 2 fully saturated rings. The fraction of sp³-hybridized carbons (Fsp3) is 0.929. The van der Waals surface area contributed by atoms with Crippen LogP contribution in [0.5, 0.6) is 0 Å². The van der Waals surface area contributed by atoms with E-state index < -0.39 is 20.4 Å². The van der Waals surface area contributed by atoms with E-state index in [9.17, 15) is 13.2 Å². The molecule has 0 unspecified atom stereocenters. The molecule has 0 aromatic rings. The predicted molar refractivity (Wildman–Crippen MR) is 78.6 cm³/mol. The zero-order valence-corrected chi connectivity index (χ0v) is 14.0. The van der Waals surface area contributed by atoms with Crippen LogP contribution in [0.3, 0.4) is 0 Å². The number of amides is 1. The summed E-state index contributed by atoms with van der Waals surface area (Å²) in [7, 11) is -1.76. The average molecular weight is 319 g/mol. The summed E-state index contributed by atoms with van der Waals surface area (Å²) >= 11 is 0. The summed E-state index contributed by atoms with van der Waals surface area (Å²) < 4.78 is 33.5. The van der Waals surface area contributed by atoms with Crippen molar-refractivity contribution in [3.05, 3.63) is 0 Å². The van der Waals surface area contributed by atoms with Crippen molar-refractivity contribution in [1.29, 1.82) is 0 Å². The van der Waals surface area contributed by atoms with Gasteiger partial charge in [0.05, 0.1) is 13.2 Å². The fourth-order valence-electron chi connectivity index (χ4n) is 2.96. The number of sulfone groups is 1. The van der Waals surface area contributed by atoms with Gasteiger partial charge >= 0.3 is 0 Å². The third-order valence-corrected chi connectivity index (χ3v) is 6.87. The van der Waals surface area contributed by atoms with Crippen molar-refractivity contribution >= 4 is 15.7 Å². The Balaban J connectivity index is 2.01. The average Bonchev–Trinajstić information content (AvgIpc) is 2.85. The van der Waals surface area contributed by atoms with Crippen molar-refractivity contribution in [2.75, 3.05) is 26.5 Å². The fourth-order valence-corrected chi connectivity index (χ4v) is 3.43. The lowest BCUT2D eigenvalue weighted by atomic mass is 9.89. The maximum Gasteiger partial charge on any atom is 0.243 e. The molecule has 0 aromatic carbocycles. The summed E-state index contributed by atoms with van der Waals surface area (Å²) in [6.07, 6.45) is 4.13. The third-order valence-electron chi connectivity index (χ3n) is 4.84. The van der Waals surface area contributed by atoms with Gasteiger partial charge in [-0.25, -0.2) is 8.42 Å². The molecule has 2 rings (SSSR count). The van der Waals surface area contributed by atoms with Crippen LogP contribution >= 0.6 is 0 Å². The number of carbonyl (C=O) groups excluding carboxylic acids is 1. The number of ether oxygens (including phenoxy) is 2. The minimum Gasteiger partial charge on any atom is -0.348 e. The van der Waals surface area contributed by atoms with Crippen molar-refractivity contribution in [3.8, 4) is 0 Å². The standard InChI is InChI=1S/C14H25NO5S/c1-13(2,21(4,17)18)12(16)15(3)11-5-7-14(8-6-11)19-9-10-20-14/h11H,5-10H2,1-4H3. The van der Waals surface area contributed by atoms with Crippen LogP contribution < -0.4 is 0 Å². The van der Waals surface area contributed by atoms with Gasteiger partial charge in [-0.2, -0.15) is 0 Å². The minimum absolute atomic E-state index is 0.0388. The van der Waals surface area contributed by atoms with Gasteiger partial charge in [-0.05, 0) is 26.7 Å². The molecule has 1 saturated carbocycles. The summed E-state index contributed by atoms with van der Waals surface area (Å²) in [4.78, 5) is 14.1. The highest BCUT2D eigenvalue weighted by atomic mass is 32.2. The maximum atomic E-state index is 12.5. The predicted octanol–water partition coefficient (Wildman–Crippen LogP) is 0.954. The summed E-state index contributed by atoms with van der Waals surface area (Å²) in [5, 5.41) is 0. The zero-order chi connectivity index (χ0) is 15.9. The van der Waals surface area contributed by atoms with Crippen LogP contribution in [0.2, 0.25) is 0 Å². The molecule has 6 nitrogen and oxygen atoms in total. The molecule has 0 atom stereocenters. The molecule has 1 saturated heterocycles. The van der Waals surface area contributed by atoms with Gasteiger partial charge in [-0.15, -0.1) is 0 Å². The normalized spacial score (nSPS) is 23.4. The number of hydrogen-bond donors (Lipinski definition) is 0. The summed E-state index contributed by atoms with van der Waals surface area (Å²) in [5.74, 6) is -0.813. The van der Waals surface area contributed by atoms with Crippen LogP contribution in [0.25, 0.3) is 0 Å². The van der Waals surface area contributed by atoms with Crippen LogP contribution in [-0.2, 0) is 24.1 Å². The zero-order valence-electron chi connectivity index (χ0n) is 13.2. The van der Waals surface area contributed by atoms with Gasteiger partial charge in [-0.1, -0.05) is 0 Å². The summed E-state index contributed by atoms with van der Waals surface area (Å²) in [6, 6.07) is 0.0388. The number of carbonyl (C=O) groups is 1. The van der Waals surface area contributed by atoms with Crippen LogP contribution in [0.1, 0.15) is 39.5 Å². The molecule has 1 aliphatic carbocycles. The SMILES string of the molecule is CN(C(=O)C(C)(C)S(C)(=O)=O)C1CCC2(CC1)OCCO2. The summed E-state index contributed by atoms with van der Waals surface area (Å²) in [5.41, 5.74) is 0. The smallest absolute Gasteiger partial charge is 0.243 e. The van der Waals surface area contributed by atoms with E-state index in [-0.39, 0.29) is 11.9 Å². The Morgan fingerprint density at radius 3 is 2.10 bits per heavy atom. The number of rotatable bonds is 3. The minimum atomic E-state index is -3.45. The van der Waals surface area contributed by atoms with Gasteiger partial charge in [0.15, 0.2) is 15.6 Å². The second kappa shape index (κ2) is 5.52. The van der Waals surface area contributed by atoms with E-state index in [0.717, 1.165) is 31.9 Å². The molecule has 122 valence electrons. The monoisotopic (exact) mass is 319 g/mol. The van der Waals surface area contributed by atoms with Crippen molar-refractivity contribution in [2.45, 2.75) is 56.1 Å². The van der Waals surface area contributed by atoms with Gasteiger partial charge in [0.2, 0.25) is 5.91 Å².